The zero-order valence-electron chi connectivity index (χ0n) is 9.34. The minimum atomic E-state index is -0.244. The van der Waals surface area contributed by atoms with Gasteiger partial charge in [0.15, 0.2) is 0 Å². The van der Waals surface area contributed by atoms with Crippen molar-refractivity contribution in [1.82, 2.24) is 20.3 Å². The number of aliphatic hydroxyl groups is 1. The average Bonchev–Trinajstić information content (AvgIpc) is 2.82. The molecule has 2 atom stereocenters. The normalized spacial score (nSPS) is 29.8. The lowest BCUT2D eigenvalue weighted by Crippen LogP contribution is -2.18. The van der Waals surface area contributed by atoms with Crippen LogP contribution >= 0.6 is 0 Å². The molecular weight excluding hydrogens is 204 g/mol. The molecule has 2 N–H and O–H groups in total. The summed E-state index contributed by atoms with van der Waals surface area (Å²) in [6.45, 7) is 0.799. The fraction of sp³-hybridized carbons (Fsp3) is 0.818. The Hall–Kier alpha value is -0.940. The Bertz CT molecular complexity index is 361. The summed E-state index contributed by atoms with van der Waals surface area (Å²) in [7, 11) is 0. The summed E-state index contributed by atoms with van der Waals surface area (Å²) < 4.78 is 1.83. The molecule has 0 spiro atoms. The largest absolute Gasteiger partial charge is 0.391 e. The minimum Gasteiger partial charge on any atom is -0.391 e. The number of nitrogens with one attached hydrogen (secondary N) is 1. The molecular formula is C11H18N4O. The maximum absolute atomic E-state index is 9.78. The summed E-state index contributed by atoms with van der Waals surface area (Å²) in [6, 6.07) is 0.837. The van der Waals surface area contributed by atoms with Gasteiger partial charge in [0.1, 0.15) is 0 Å². The molecule has 0 amide bonds. The van der Waals surface area contributed by atoms with Crippen molar-refractivity contribution >= 4 is 0 Å². The van der Waals surface area contributed by atoms with Gasteiger partial charge in [-0.2, -0.15) is 0 Å². The molecule has 2 saturated carbocycles. The Morgan fingerprint density at radius 1 is 1.38 bits per heavy atom. The van der Waals surface area contributed by atoms with Gasteiger partial charge in [0.05, 0.1) is 24.0 Å². The van der Waals surface area contributed by atoms with Crippen molar-refractivity contribution in [2.75, 3.05) is 0 Å². The molecule has 2 aliphatic carbocycles. The predicted octanol–water partition coefficient (Wildman–Crippen LogP) is 0.616. The third-order valence-corrected chi connectivity index (χ3v) is 3.49. The van der Waals surface area contributed by atoms with Crippen LogP contribution in [0.15, 0.2) is 6.20 Å². The summed E-state index contributed by atoms with van der Waals surface area (Å²) in [5.74, 6) is 0. The highest BCUT2D eigenvalue weighted by Gasteiger charge is 2.28. The van der Waals surface area contributed by atoms with Crippen molar-refractivity contribution in [2.45, 2.75) is 56.8 Å². The van der Waals surface area contributed by atoms with Crippen molar-refractivity contribution in [3.05, 3.63) is 11.9 Å². The lowest BCUT2D eigenvalue weighted by molar-refractivity contribution is 0.129. The fourth-order valence-corrected chi connectivity index (χ4v) is 2.32. The monoisotopic (exact) mass is 222 g/mol. The molecule has 2 fully saturated rings. The molecule has 5 nitrogen and oxygen atoms in total. The van der Waals surface area contributed by atoms with Gasteiger partial charge >= 0.3 is 0 Å². The first-order valence-electron chi connectivity index (χ1n) is 6.15. The fourth-order valence-electron chi connectivity index (χ4n) is 2.32. The predicted molar refractivity (Wildman–Crippen MR) is 58.8 cm³/mol. The SMILES string of the molecule is OC1CCCC1n1cc(CNC2CC2)nn1. The second-order valence-corrected chi connectivity index (χ2v) is 4.91. The third kappa shape index (κ3) is 2.10. The lowest BCUT2D eigenvalue weighted by atomic mass is 10.2. The highest BCUT2D eigenvalue weighted by molar-refractivity contribution is 4.96. The van der Waals surface area contributed by atoms with E-state index in [9.17, 15) is 5.11 Å². The van der Waals surface area contributed by atoms with E-state index in [1.54, 1.807) is 0 Å². The molecule has 0 aliphatic heterocycles. The lowest BCUT2D eigenvalue weighted by Gasteiger charge is -2.13. The average molecular weight is 222 g/mol. The summed E-state index contributed by atoms with van der Waals surface area (Å²) >= 11 is 0. The molecule has 5 heteroatoms. The van der Waals surface area contributed by atoms with Gasteiger partial charge in [-0.15, -0.1) is 5.10 Å². The minimum absolute atomic E-state index is 0.141. The molecule has 0 aromatic carbocycles. The zero-order valence-corrected chi connectivity index (χ0v) is 9.34. The van der Waals surface area contributed by atoms with Gasteiger partial charge in [0.2, 0.25) is 0 Å². The molecule has 0 radical (unpaired) electrons. The number of nitrogens with zero attached hydrogens (tertiary/aromatic N) is 3. The van der Waals surface area contributed by atoms with Crippen LogP contribution in [0, 0.1) is 0 Å². The highest BCUT2D eigenvalue weighted by Crippen LogP contribution is 2.29. The Morgan fingerprint density at radius 2 is 2.25 bits per heavy atom. The van der Waals surface area contributed by atoms with Crippen molar-refractivity contribution in [3.63, 3.8) is 0 Å². The van der Waals surface area contributed by atoms with Crippen LogP contribution in [0.25, 0.3) is 0 Å². The molecule has 88 valence electrons. The van der Waals surface area contributed by atoms with Crippen LogP contribution in [0.3, 0.4) is 0 Å². The maximum atomic E-state index is 9.78. The van der Waals surface area contributed by atoms with E-state index in [1.165, 1.54) is 12.8 Å². The van der Waals surface area contributed by atoms with E-state index in [0.29, 0.717) is 6.04 Å². The molecule has 1 heterocycles. The number of aromatic nitrogens is 3. The molecule has 0 bridgehead atoms. The third-order valence-electron chi connectivity index (χ3n) is 3.49. The summed E-state index contributed by atoms with van der Waals surface area (Å²) in [5.41, 5.74) is 0.978. The molecule has 1 aromatic heterocycles. The summed E-state index contributed by atoms with van der Waals surface area (Å²) in [5, 5.41) is 21.4. The van der Waals surface area contributed by atoms with E-state index >= 15 is 0 Å². The second-order valence-electron chi connectivity index (χ2n) is 4.91. The van der Waals surface area contributed by atoms with E-state index < -0.39 is 0 Å². The van der Waals surface area contributed by atoms with Crippen molar-refractivity contribution in [1.29, 1.82) is 0 Å². The van der Waals surface area contributed by atoms with Gasteiger partial charge in [-0.3, -0.25) is 0 Å². The van der Waals surface area contributed by atoms with Crippen LogP contribution in [0.2, 0.25) is 0 Å². The van der Waals surface area contributed by atoms with Crippen LogP contribution in [0.4, 0.5) is 0 Å². The van der Waals surface area contributed by atoms with E-state index in [2.05, 4.69) is 15.6 Å². The first-order chi connectivity index (χ1) is 7.83. The van der Waals surface area contributed by atoms with Gasteiger partial charge in [-0.1, -0.05) is 5.21 Å². The number of hydrogen-bond acceptors (Lipinski definition) is 4. The quantitative estimate of drug-likeness (QED) is 0.783. The first kappa shape index (κ1) is 10.2. The zero-order chi connectivity index (χ0) is 11.0. The van der Waals surface area contributed by atoms with E-state index in [0.717, 1.165) is 31.5 Å². The smallest absolute Gasteiger partial charge is 0.0965 e. The Labute approximate surface area is 94.8 Å². The van der Waals surface area contributed by atoms with Gasteiger partial charge in [0, 0.05) is 12.6 Å². The van der Waals surface area contributed by atoms with Crippen LogP contribution in [0.5, 0.6) is 0 Å². The topological polar surface area (TPSA) is 63.0 Å². The van der Waals surface area contributed by atoms with Gasteiger partial charge in [-0.05, 0) is 32.1 Å². The molecule has 2 aliphatic rings. The molecule has 2 unspecified atom stereocenters. The molecule has 16 heavy (non-hydrogen) atoms. The Morgan fingerprint density at radius 3 is 2.94 bits per heavy atom. The van der Waals surface area contributed by atoms with Gasteiger partial charge < -0.3 is 10.4 Å². The van der Waals surface area contributed by atoms with Crippen molar-refractivity contribution in [3.8, 4) is 0 Å². The van der Waals surface area contributed by atoms with Crippen molar-refractivity contribution in [2.24, 2.45) is 0 Å². The molecule has 0 saturated heterocycles. The number of aliphatic hydroxyl groups excluding tert-OH is 1. The first-order valence-corrected chi connectivity index (χ1v) is 6.15. The Kier molecular flexibility index (Phi) is 2.65. The second kappa shape index (κ2) is 4.14. The number of hydrogen-bond donors (Lipinski definition) is 2. The van der Waals surface area contributed by atoms with Crippen LogP contribution in [0.1, 0.15) is 43.8 Å². The summed E-state index contributed by atoms with van der Waals surface area (Å²) in [6.07, 6.45) is 7.28. The highest BCUT2D eigenvalue weighted by atomic mass is 16.3. The van der Waals surface area contributed by atoms with Crippen LogP contribution in [-0.4, -0.2) is 32.2 Å². The van der Waals surface area contributed by atoms with Gasteiger partial charge in [-0.25, -0.2) is 4.68 Å². The maximum Gasteiger partial charge on any atom is 0.0965 e. The van der Waals surface area contributed by atoms with Crippen LogP contribution in [-0.2, 0) is 6.54 Å². The molecule has 1 aromatic rings. The van der Waals surface area contributed by atoms with Gasteiger partial charge in [0.25, 0.3) is 0 Å². The van der Waals surface area contributed by atoms with E-state index in [-0.39, 0.29) is 12.1 Å². The number of rotatable bonds is 4. The van der Waals surface area contributed by atoms with Crippen LogP contribution < -0.4 is 5.32 Å². The van der Waals surface area contributed by atoms with E-state index in [4.69, 9.17) is 0 Å². The molecule has 3 rings (SSSR count). The Balaban J connectivity index is 1.62. The standard InChI is InChI=1S/C11H18N4O/c16-11-3-1-2-10(11)15-7-9(13-14-15)6-12-8-4-5-8/h7-8,10-12,16H,1-6H2. The van der Waals surface area contributed by atoms with E-state index in [1.807, 2.05) is 10.9 Å². The summed E-state index contributed by atoms with van der Waals surface area (Å²) in [4.78, 5) is 0. The van der Waals surface area contributed by atoms with Crippen molar-refractivity contribution < 1.29 is 5.11 Å².